The summed E-state index contributed by atoms with van der Waals surface area (Å²) in [6.45, 7) is 1.73. The van der Waals surface area contributed by atoms with Crippen molar-refractivity contribution in [2.24, 2.45) is 0 Å². The number of carbonyl (C=O) groups is 1. The van der Waals surface area contributed by atoms with Gasteiger partial charge < -0.3 is 9.84 Å². The molecule has 2 amide bonds. The maximum absolute atomic E-state index is 12.7. The summed E-state index contributed by atoms with van der Waals surface area (Å²) < 4.78 is 17.5. The number of carbonyl (C=O) groups excluding carboxylic acids is 1. The van der Waals surface area contributed by atoms with Gasteiger partial charge in [0, 0.05) is 12.3 Å². The van der Waals surface area contributed by atoms with Crippen molar-refractivity contribution in [3.63, 3.8) is 0 Å². The lowest BCUT2D eigenvalue weighted by Crippen LogP contribution is -2.23. The first kappa shape index (κ1) is 12.8. The molecule has 2 aromatic rings. The van der Waals surface area contributed by atoms with E-state index in [1.807, 2.05) is 0 Å². The fourth-order valence-electron chi connectivity index (χ4n) is 1.37. The van der Waals surface area contributed by atoms with Gasteiger partial charge in [0.1, 0.15) is 11.6 Å². The van der Waals surface area contributed by atoms with E-state index in [0.717, 1.165) is 5.56 Å². The number of hydrogen-bond acceptors (Lipinski definition) is 3. The number of anilines is 1. The first-order valence-corrected chi connectivity index (χ1v) is 5.56. The van der Waals surface area contributed by atoms with Gasteiger partial charge in [-0.2, -0.15) is 0 Å². The summed E-state index contributed by atoms with van der Waals surface area (Å²) in [5.74, 6) is 0.645. The molecule has 1 heterocycles. The number of hydrogen-bond donors (Lipinski definition) is 2. The topological polar surface area (TPSA) is 67.2 Å². The van der Waals surface area contributed by atoms with Crippen molar-refractivity contribution in [2.45, 2.75) is 6.92 Å². The molecular weight excluding hydrogens is 249 g/mol. The van der Waals surface area contributed by atoms with E-state index in [4.69, 9.17) is 4.52 Å². The number of urea groups is 1. The van der Waals surface area contributed by atoms with Crippen LogP contribution in [0.25, 0.3) is 6.08 Å². The Morgan fingerprint density at radius 2 is 2.11 bits per heavy atom. The second-order valence-corrected chi connectivity index (χ2v) is 3.81. The Balaban J connectivity index is 1.84. The van der Waals surface area contributed by atoms with E-state index in [1.165, 1.54) is 18.3 Å². The summed E-state index contributed by atoms with van der Waals surface area (Å²) in [6.07, 6.45) is 3.10. The van der Waals surface area contributed by atoms with Crippen LogP contribution in [0.1, 0.15) is 11.3 Å². The Labute approximate surface area is 109 Å². The Kier molecular flexibility index (Phi) is 3.92. The molecule has 2 rings (SSSR count). The van der Waals surface area contributed by atoms with E-state index in [-0.39, 0.29) is 5.82 Å². The van der Waals surface area contributed by atoms with E-state index in [0.29, 0.717) is 11.6 Å². The van der Waals surface area contributed by atoms with Gasteiger partial charge in [-0.1, -0.05) is 17.3 Å². The van der Waals surface area contributed by atoms with Crippen molar-refractivity contribution < 1.29 is 13.7 Å². The number of nitrogens with one attached hydrogen (secondary N) is 2. The minimum absolute atomic E-state index is 0.302. The molecule has 0 unspecified atom stereocenters. The molecule has 0 saturated carbocycles. The average Bonchev–Trinajstić information content (AvgIpc) is 2.77. The highest BCUT2D eigenvalue weighted by atomic mass is 19.1. The van der Waals surface area contributed by atoms with Gasteiger partial charge in [0.05, 0.1) is 0 Å². The number of benzene rings is 1. The van der Waals surface area contributed by atoms with Gasteiger partial charge in [-0.05, 0) is 30.7 Å². The molecule has 2 N–H and O–H groups in total. The zero-order valence-corrected chi connectivity index (χ0v) is 10.2. The van der Waals surface area contributed by atoms with Crippen LogP contribution >= 0.6 is 0 Å². The zero-order chi connectivity index (χ0) is 13.7. The van der Waals surface area contributed by atoms with Crippen molar-refractivity contribution in [2.75, 3.05) is 5.32 Å². The lowest BCUT2D eigenvalue weighted by atomic mass is 10.2. The van der Waals surface area contributed by atoms with Crippen LogP contribution in [0, 0.1) is 12.7 Å². The summed E-state index contributed by atoms with van der Waals surface area (Å²) in [6, 6.07) is 7.06. The van der Waals surface area contributed by atoms with Crippen LogP contribution in [0.15, 0.2) is 41.1 Å². The smallest absolute Gasteiger partial charge is 0.324 e. The van der Waals surface area contributed by atoms with Crippen LogP contribution in [0.2, 0.25) is 0 Å². The van der Waals surface area contributed by atoms with Crippen molar-refractivity contribution in [1.29, 1.82) is 0 Å². The van der Waals surface area contributed by atoms with Crippen LogP contribution in [-0.2, 0) is 0 Å². The van der Waals surface area contributed by atoms with Gasteiger partial charge in [-0.25, -0.2) is 9.18 Å². The molecule has 0 atom stereocenters. The Hall–Kier alpha value is -2.63. The summed E-state index contributed by atoms with van der Waals surface area (Å²) in [5.41, 5.74) is 0.777. The minimum Gasteiger partial charge on any atom is -0.360 e. The predicted molar refractivity (Wildman–Crippen MR) is 68.8 cm³/mol. The van der Waals surface area contributed by atoms with Crippen molar-refractivity contribution in [3.8, 4) is 0 Å². The summed E-state index contributed by atoms with van der Waals surface area (Å²) in [4.78, 5) is 11.5. The molecule has 98 valence electrons. The highest BCUT2D eigenvalue weighted by Gasteiger charge is 2.03. The molecule has 19 heavy (non-hydrogen) atoms. The van der Waals surface area contributed by atoms with Crippen LogP contribution in [-0.4, -0.2) is 11.2 Å². The van der Waals surface area contributed by atoms with E-state index >= 15 is 0 Å². The van der Waals surface area contributed by atoms with E-state index in [2.05, 4.69) is 15.8 Å². The number of halogens is 1. The number of aromatic nitrogens is 1. The van der Waals surface area contributed by atoms with Crippen molar-refractivity contribution in [1.82, 2.24) is 10.5 Å². The maximum Gasteiger partial charge on any atom is 0.324 e. The normalized spacial score (nSPS) is 10.6. The lowest BCUT2D eigenvalue weighted by Gasteiger charge is -1.99. The van der Waals surface area contributed by atoms with Gasteiger partial charge in [-0.15, -0.1) is 0 Å². The highest BCUT2D eigenvalue weighted by Crippen LogP contribution is 2.06. The molecule has 1 aromatic heterocycles. The third kappa shape index (κ3) is 3.95. The highest BCUT2D eigenvalue weighted by molar-refractivity contribution is 5.89. The summed E-state index contributed by atoms with van der Waals surface area (Å²) >= 11 is 0. The molecule has 0 aliphatic carbocycles. The quantitative estimate of drug-likeness (QED) is 0.892. The van der Waals surface area contributed by atoms with Gasteiger partial charge >= 0.3 is 6.03 Å². The fraction of sp³-hybridized carbons (Fsp3) is 0.0769. The molecule has 6 heteroatoms. The number of amides is 2. The zero-order valence-electron chi connectivity index (χ0n) is 10.2. The van der Waals surface area contributed by atoms with Crippen LogP contribution < -0.4 is 10.6 Å². The number of aryl methyl sites for hydroxylation is 1. The average molecular weight is 261 g/mol. The third-order valence-corrected chi connectivity index (χ3v) is 2.23. The lowest BCUT2D eigenvalue weighted by molar-refractivity contribution is 0.255. The molecule has 0 radical (unpaired) electrons. The number of nitrogens with zero attached hydrogens (tertiary/aromatic N) is 1. The molecular formula is C13H12FN3O2. The molecule has 0 bridgehead atoms. The third-order valence-electron chi connectivity index (χ3n) is 2.23. The van der Waals surface area contributed by atoms with Crippen molar-refractivity contribution >= 4 is 17.9 Å². The van der Waals surface area contributed by atoms with Crippen LogP contribution in [0.3, 0.4) is 0 Å². The Morgan fingerprint density at radius 1 is 1.37 bits per heavy atom. The molecule has 0 aliphatic heterocycles. The summed E-state index contributed by atoms with van der Waals surface area (Å²) in [7, 11) is 0. The predicted octanol–water partition coefficient (Wildman–Crippen LogP) is 2.91. The van der Waals surface area contributed by atoms with Crippen molar-refractivity contribution in [3.05, 3.63) is 53.7 Å². The molecule has 0 aliphatic rings. The standard InChI is InChI=1S/C13H12FN3O2/c1-9-8-12(17-19-9)16-13(18)15-7-6-10-2-4-11(14)5-3-10/h2-8H,1H3,(H2,15,16,17,18)/b7-6+. The molecule has 1 aromatic carbocycles. The minimum atomic E-state index is -0.438. The molecule has 0 fully saturated rings. The molecule has 5 nitrogen and oxygen atoms in total. The van der Waals surface area contributed by atoms with Crippen LogP contribution in [0.5, 0.6) is 0 Å². The number of rotatable bonds is 3. The SMILES string of the molecule is Cc1cc(NC(=O)N/C=C/c2ccc(F)cc2)no1. The Bertz CT molecular complexity index is 590. The second-order valence-electron chi connectivity index (χ2n) is 3.81. The fourth-order valence-corrected chi connectivity index (χ4v) is 1.37. The largest absolute Gasteiger partial charge is 0.360 e. The maximum atomic E-state index is 12.7. The van der Waals surface area contributed by atoms with E-state index in [1.54, 1.807) is 31.2 Å². The van der Waals surface area contributed by atoms with Gasteiger partial charge in [0.25, 0.3) is 0 Å². The van der Waals surface area contributed by atoms with Gasteiger partial charge in [0.15, 0.2) is 5.82 Å². The van der Waals surface area contributed by atoms with E-state index < -0.39 is 6.03 Å². The molecule has 0 spiro atoms. The second kappa shape index (κ2) is 5.81. The molecule has 0 saturated heterocycles. The summed E-state index contributed by atoms with van der Waals surface area (Å²) in [5, 5.41) is 8.61. The van der Waals surface area contributed by atoms with Gasteiger partial charge in [0.2, 0.25) is 0 Å². The monoisotopic (exact) mass is 261 g/mol. The van der Waals surface area contributed by atoms with E-state index in [9.17, 15) is 9.18 Å². The van der Waals surface area contributed by atoms with Crippen LogP contribution in [0.4, 0.5) is 15.0 Å². The Morgan fingerprint density at radius 3 is 2.74 bits per heavy atom. The first-order valence-electron chi connectivity index (χ1n) is 5.56. The van der Waals surface area contributed by atoms with Gasteiger partial charge in [-0.3, -0.25) is 5.32 Å². The first-order chi connectivity index (χ1) is 9.13.